The van der Waals surface area contributed by atoms with E-state index in [4.69, 9.17) is 0 Å². The third-order valence-corrected chi connectivity index (χ3v) is 1.51. The lowest BCUT2D eigenvalue weighted by Gasteiger charge is -2.08. The molecule has 0 aromatic carbocycles. The van der Waals surface area contributed by atoms with Crippen LogP contribution in [0.2, 0.25) is 0 Å². The highest BCUT2D eigenvalue weighted by molar-refractivity contribution is 5.05. The monoisotopic (exact) mass is 126 g/mol. The Labute approximate surface area is 54.3 Å². The van der Waals surface area contributed by atoms with E-state index < -0.39 is 0 Å². The molecule has 1 heterocycles. The fourth-order valence-electron chi connectivity index (χ4n) is 0.917. The molecule has 3 nitrogen and oxygen atoms in total. The summed E-state index contributed by atoms with van der Waals surface area (Å²) in [7, 11) is 0. The summed E-state index contributed by atoms with van der Waals surface area (Å²) >= 11 is 0. The van der Waals surface area contributed by atoms with Gasteiger partial charge in [-0.2, -0.15) is 0 Å². The van der Waals surface area contributed by atoms with E-state index in [0.717, 1.165) is 19.5 Å². The minimum absolute atomic E-state index is 0.678. The first kappa shape index (κ1) is 6.26. The van der Waals surface area contributed by atoms with Gasteiger partial charge in [0.05, 0.1) is 0 Å². The van der Waals surface area contributed by atoms with E-state index >= 15 is 0 Å². The maximum atomic E-state index is 9.92. The Hall–Kier alpha value is -0.860. The zero-order chi connectivity index (χ0) is 6.69. The lowest BCUT2D eigenvalue weighted by molar-refractivity contribution is 0.429. The molecule has 0 atom stereocenters. The first-order valence-corrected chi connectivity index (χ1v) is 3.15. The molecule has 0 saturated carbocycles. The predicted octanol–water partition coefficient (Wildman–Crippen LogP) is 1.32. The zero-order valence-electron chi connectivity index (χ0n) is 5.50. The fourth-order valence-corrected chi connectivity index (χ4v) is 0.917. The Morgan fingerprint density at radius 1 is 1.89 bits per heavy atom. The van der Waals surface area contributed by atoms with Crippen LogP contribution in [0.5, 0.6) is 0 Å². The number of hydrogen-bond donors (Lipinski definition) is 0. The molecule has 0 unspecified atom stereocenters. The van der Waals surface area contributed by atoms with Crippen LogP contribution in [0.1, 0.15) is 13.3 Å². The quantitative estimate of drug-likeness (QED) is 0.523. The fraction of sp³-hybridized carbons (Fsp3) is 0.667. The van der Waals surface area contributed by atoms with Crippen LogP contribution in [0, 0.1) is 4.91 Å². The molecule has 0 aromatic heterocycles. The van der Waals surface area contributed by atoms with E-state index in [9.17, 15) is 4.91 Å². The molecule has 0 fully saturated rings. The summed E-state index contributed by atoms with van der Waals surface area (Å²) in [6.45, 7) is 3.99. The maximum Gasteiger partial charge on any atom is 0.102 e. The van der Waals surface area contributed by atoms with E-state index in [-0.39, 0.29) is 0 Å². The van der Waals surface area contributed by atoms with Gasteiger partial charge in [0.25, 0.3) is 0 Å². The summed E-state index contributed by atoms with van der Waals surface area (Å²) < 4.78 is 0. The summed E-state index contributed by atoms with van der Waals surface area (Å²) in [4.78, 5) is 12.0. The van der Waals surface area contributed by atoms with Gasteiger partial charge in [-0.1, -0.05) is 0 Å². The van der Waals surface area contributed by atoms with Crippen molar-refractivity contribution in [3.63, 3.8) is 0 Å². The number of hydrogen-bond acceptors (Lipinski definition) is 3. The average Bonchev–Trinajstić information content (AvgIpc) is 2.34. The first-order valence-electron chi connectivity index (χ1n) is 3.15. The predicted molar refractivity (Wildman–Crippen MR) is 35.7 cm³/mol. The largest absolute Gasteiger partial charge is 0.376 e. The molecule has 0 saturated heterocycles. The van der Waals surface area contributed by atoms with Crippen molar-refractivity contribution in [1.82, 2.24) is 4.90 Å². The standard InChI is InChI=1S/C6H10N2O/c1-2-8-4-3-6(5-8)7-9/h5H,2-4H2,1H3. The Kier molecular flexibility index (Phi) is 1.82. The molecule has 3 heteroatoms. The first-order chi connectivity index (χ1) is 4.36. The molecule has 0 aromatic rings. The topological polar surface area (TPSA) is 32.7 Å². The second-order valence-corrected chi connectivity index (χ2v) is 2.09. The maximum absolute atomic E-state index is 9.92. The van der Waals surface area contributed by atoms with Crippen molar-refractivity contribution >= 4 is 0 Å². The minimum atomic E-state index is 0.678. The van der Waals surface area contributed by atoms with Crippen LogP contribution in [0.4, 0.5) is 0 Å². The third kappa shape index (κ3) is 1.28. The van der Waals surface area contributed by atoms with Crippen molar-refractivity contribution in [2.45, 2.75) is 13.3 Å². The second-order valence-electron chi connectivity index (χ2n) is 2.09. The van der Waals surface area contributed by atoms with Crippen molar-refractivity contribution < 1.29 is 0 Å². The molecule has 0 bridgehead atoms. The Morgan fingerprint density at radius 2 is 2.67 bits per heavy atom. The van der Waals surface area contributed by atoms with Crippen molar-refractivity contribution in [3.8, 4) is 0 Å². The average molecular weight is 126 g/mol. The van der Waals surface area contributed by atoms with E-state index in [1.807, 2.05) is 6.20 Å². The Bertz CT molecular complexity index is 142. The zero-order valence-corrected chi connectivity index (χ0v) is 5.50. The van der Waals surface area contributed by atoms with E-state index in [1.165, 1.54) is 0 Å². The van der Waals surface area contributed by atoms with Crippen LogP contribution in [0.3, 0.4) is 0 Å². The number of nitrogens with zero attached hydrogens (tertiary/aromatic N) is 2. The summed E-state index contributed by atoms with van der Waals surface area (Å²) in [5.74, 6) is 0. The van der Waals surface area contributed by atoms with Gasteiger partial charge in [-0.25, -0.2) is 0 Å². The highest BCUT2D eigenvalue weighted by Crippen LogP contribution is 2.13. The van der Waals surface area contributed by atoms with Gasteiger partial charge in [-0.15, -0.1) is 4.91 Å². The molecule has 0 spiro atoms. The molecule has 1 aliphatic heterocycles. The van der Waals surface area contributed by atoms with Gasteiger partial charge in [-0.05, 0) is 12.1 Å². The van der Waals surface area contributed by atoms with Crippen molar-refractivity contribution in [2.24, 2.45) is 5.18 Å². The van der Waals surface area contributed by atoms with Gasteiger partial charge in [0.1, 0.15) is 5.70 Å². The van der Waals surface area contributed by atoms with E-state index in [1.54, 1.807) is 0 Å². The molecule has 0 radical (unpaired) electrons. The molecule has 9 heavy (non-hydrogen) atoms. The van der Waals surface area contributed by atoms with Crippen LogP contribution >= 0.6 is 0 Å². The second kappa shape index (κ2) is 2.62. The molecular weight excluding hydrogens is 116 g/mol. The summed E-state index contributed by atoms with van der Waals surface area (Å²) in [5, 5.41) is 2.86. The number of rotatable bonds is 2. The van der Waals surface area contributed by atoms with E-state index in [0.29, 0.717) is 5.70 Å². The van der Waals surface area contributed by atoms with Crippen LogP contribution < -0.4 is 0 Å². The van der Waals surface area contributed by atoms with Crippen LogP contribution in [0.15, 0.2) is 17.1 Å². The highest BCUT2D eigenvalue weighted by atomic mass is 16.3. The van der Waals surface area contributed by atoms with Gasteiger partial charge in [0, 0.05) is 25.7 Å². The number of nitroso groups, excluding NO2 is 1. The molecule has 0 amide bonds. The normalized spacial score (nSPS) is 17.9. The van der Waals surface area contributed by atoms with Gasteiger partial charge < -0.3 is 4.90 Å². The lowest BCUT2D eigenvalue weighted by Crippen LogP contribution is -2.12. The van der Waals surface area contributed by atoms with Crippen LogP contribution in [-0.2, 0) is 0 Å². The Balaban J connectivity index is 2.49. The molecule has 1 aliphatic rings. The summed E-state index contributed by atoms with van der Waals surface area (Å²) in [6.07, 6.45) is 2.64. The summed E-state index contributed by atoms with van der Waals surface area (Å²) in [6, 6.07) is 0. The molecule has 0 N–H and O–H groups in total. The van der Waals surface area contributed by atoms with Crippen molar-refractivity contribution in [2.75, 3.05) is 13.1 Å². The van der Waals surface area contributed by atoms with Gasteiger partial charge in [0.2, 0.25) is 0 Å². The van der Waals surface area contributed by atoms with Crippen LogP contribution in [-0.4, -0.2) is 18.0 Å². The Morgan fingerprint density at radius 3 is 3.00 bits per heavy atom. The molecule has 50 valence electrons. The summed E-state index contributed by atoms with van der Waals surface area (Å²) in [5.41, 5.74) is 0.678. The minimum Gasteiger partial charge on any atom is -0.376 e. The van der Waals surface area contributed by atoms with Gasteiger partial charge in [-0.3, -0.25) is 0 Å². The van der Waals surface area contributed by atoms with Crippen molar-refractivity contribution in [3.05, 3.63) is 16.8 Å². The third-order valence-electron chi connectivity index (χ3n) is 1.51. The lowest BCUT2D eigenvalue weighted by atomic mass is 10.4. The highest BCUT2D eigenvalue weighted by Gasteiger charge is 2.09. The van der Waals surface area contributed by atoms with E-state index in [2.05, 4.69) is 17.0 Å². The molecular formula is C6H10N2O. The molecule has 1 rings (SSSR count). The van der Waals surface area contributed by atoms with Gasteiger partial charge in [0.15, 0.2) is 0 Å². The molecule has 0 aliphatic carbocycles. The SMILES string of the molecule is CCN1C=C(N=O)CC1. The smallest absolute Gasteiger partial charge is 0.102 e. The van der Waals surface area contributed by atoms with Gasteiger partial charge >= 0.3 is 0 Å². The van der Waals surface area contributed by atoms with Crippen LogP contribution in [0.25, 0.3) is 0 Å². The van der Waals surface area contributed by atoms with Crippen molar-refractivity contribution in [1.29, 1.82) is 0 Å².